The summed E-state index contributed by atoms with van der Waals surface area (Å²) in [6.07, 6.45) is 9.54. The van der Waals surface area contributed by atoms with Crippen molar-refractivity contribution in [2.24, 2.45) is 0 Å². The highest BCUT2D eigenvalue weighted by molar-refractivity contribution is 5.25. The summed E-state index contributed by atoms with van der Waals surface area (Å²) in [6.45, 7) is 7.06. The van der Waals surface area contributed by atoms with E-state index in [-0.39, 0.29) is 0 Å². The lowest BCUT2D eigenvalue weighted by Gasteiger charge is -2.24. The molecule has 2 aromatic rings. The predicted octanol–water partition coefficient (Wildman–Crippen LogP) is 2.29. The van der Waals surface area contributed by atoms with Gasteiger partial charge in [0.25, 0.3) is 0 Å². The maximum Gasteiger partial charge on any atom is 0.122 e. The molecule has 1 atom stereocenters. The molecule has 2 heterocycles. The Morgan fingerprint density at radius 3 is 3.05 bits per heavy atom. The van der Waals surface area contributed by atoms with Crippen molar-refractivity contribution in [3.8, 4) is 0 Å². The van der Waals surface area contributed by atoms with Crippen LogP contribution in [0, 0.1) is 0 Å². The maximum absolute atomic E-state index is 4.50. The topological polar surface area (TPSA) is 47.7 Å². The van der Waals surface area contributed by atoms with Crippen molar-refractivity contribution >= 4 is 0 Å². The van der Waals surface area contributed by atoms with Gasteiger partial charge in [-0.2, -0.15) is 5.10 Å². The monoisotopic (exact) mass is 273 g/mol. The molecule has 0 saturated carbocycles. The zero-order valence-corrected chi connectivity index (χ0v) is 12.3. The SMILES string of the molecule is CCn1ccnc1CN[C@H]1CCCc2c1cnn2CC. The zero-order chi connectivity index (χ0) is 13.9. The van der Waals surface area contributed by atoms with Crippen LogP contribution >= 0.6 is 0 Å². The molecule has 1 N–H and O–H groups in total. The van der Waals surface area contributed by atoms with Crippen molar-refractivity contribution in [3.05, 3.63) is 35.7 Å². The molecular weight excluding hydrogens is 250 g/mol. The standard InChI is InChI=1S/C15H23N5/c1-3-19-9-8-16-15(19)11-17-13-6-5-7-14-12(13)10-18-20(14)4-2/h8-10,13,17H,3-7,11H2,1-2H3/t13-/m0/s1. The second kappa shape index (κ2) is 5.79. The van der Waals surface area contributed by atoms with Gasteiger partial charge in [0.1, 0.15) is 5.82 Å². The van der Waals surface area contributed by atoms with Crippen LogP contribution in [0.15, 0.2) is 18.6 Å². The van der Waals surface area contributed by atoms with Crippen molar-refractivity contribution in [1.29, 1.82) is 0 Å². The van der Waals surface area contributed by atoms with Crippen molar-refractivity contribution < 1.29 is 0 Å². The number of hydrogen-bond acceptors (Lipinski definition) is 3. The summed E-state index contributed by atoms with van der Waals surface area (Å²) >= 11 is 0. The fraction of sp³-hybridized carbons (Fsp3) is 0.600. The minimum absolute atomic E-state index is 0.418. The molecule has 1 aliphatic rings. The van der Waals surface area contributed by atoms with Crippen molar-refractivity contribution in [2.75, 3.05) is 0 Å². The number of nitrogens with one attached hydrogen (secondary N) is 1. The van der Waals surface area contributed by atoms with E-state index >= 15 is 0 Å². The molecule has 0 radical (unpaired) electrons. The van der Waals surface area contributed by atoms with Crippen LogP contribution in [-0.2, 0) is 26.1 Å². The van der Waals surface area contributed by atoms with Gasteiger partial charge in [-0.1, -0.05) is 0 Å². The van der Waals surface area contributed by atoms with Gasteiger partial charge in [-0.25, -0.2) is 4.98 Å². The quantitative estimate of drug-likeness (QED) is 0.909. The van der Waals surface area contributed by atoms with E-state index in [2.05, 4.69) is 38.5 Å². The van der Waals surface area contributed by atoms with E-state index in [4.69, 9.17) is 0 Å². The Morgan fingerprint density at radius 2 is 2.25 bits per heavy atom. The fourth-order valence-corrected chi connectivity index (χ4v) is 3.11. The van der Waals surface area contributed by atoms with Crippen LogP contribution < -0.4 is 5.32 Å². The molecule has 0 aliphatic heterocycles. The highest BCUT2D eigenvalue weighted by Gasteiger charge is 2.23. The van der Waals surface area contributed by atoms with Gasteiger partial charge >= 0.3 is 0 Å². The molecular formula is C15H23N5. The van der Waals surface area contributed by atoms with Crippen LogP contribution in [0.1, 0.15) is 49.8 Å². The van der Waals surface area contributed by atoms with Gasteiger partial charge in [0, 0.05) is 42.8 Å². The first-order valence-electron chi connectivity index (χ1n) is 7.61. The molecule has 20 heavy (non-hydrogen) atoms. The molecule has 2 aromatic heterocycles. The van der Waals surface area contributed by atoms with E-state index in [1.807, 2.05) is 18.6 Å². The van der Waals surface area contributed by atoms with Crippen LogP contribution in [0.4, 0.5) is 0 Å². The molecule has 1 aliphatic carbocycles. The summed E-state index contributed by atoms with van der Waals surface area (Å²) < 4.78 is 4.32. The van der Waals surface area contributed by atoms with Crippen molar-refractivity contribution in [2.45, 2.75) is 58.8 Å². The Labute approximate surface area is 120 Å². The smallest absolute Gasteiger partial charge is 0.122 e. The Kier molecular flexibility index (Phi) is 3.87. The largest absolute Gasteiger partial charge is 0.334 e. The summed E-state index contributed by atoms with van der Waals surface area (Å²) in [7, 11) is 0. The van der Waals surface area contributed by atoms with Gasteiger partial charge in [-0.15, -0.1) is 0 Å². The van der Waals surface area contributed by atoms with Gasteiger partial charge in [-0.3, -0.25) is 4.68 Å². The molecule has 3 rings (SSSR count). The lowest BCUT2D eigenvalue weighted by molar-refractivity contribution is 0.438. The Balaban J connectivity index is 1.72. The number of nitrogens with zero attached hydrogens (tertiary/aromatic N) is 4. The van der Waals surface area contributed by atoms with Gasteiger partial charge in [-0.05, 0) is 33.1 Å². The van der Waals surface area contributed by atoms with Crippen molar-refractivity contribution in [1.82, 2.24) is 24.6 Å². The third kappa shape index (κ3) is 2.38. The van der Waals surface area contributed by atoms with E-state index < -0.39 is 0 Å². The number of fused-ring (bicyclic) bond motifs is 1. The zero-order valence-electron chi connectivity index (χ0n) is 12.3. The predicted molar refractivity (Wildman–Crippen MR) is 78.3 cm³/mol. The molecule has 5 heteroatoms. The van der Waals surface area contributed by atoms with Crippen LogP contribution in [0.5, 0.6) is 0 Å². The normalized spacial score (nSPS) is 18.2. The average Bonchev–Trinajstić information content (AvgIpc) is 3.11. The molecule has 5 nitrogen and oxygen atoms in total. The second-order valence-corrected chi connectivity index (χ2v) is 5.32. The number of rotatable bonds is 5. The van der Waals surface area contributed by atoms with E-state index in [0.29, 0.717) is 6.04 Å². The Hall–Kier alpha value is -1.62. The third-order valence-electron chi connectivity index (χ3n) is 4.21. The summed E-state index contributed by atoms with van der Waals surface area (Å²) in [4.78, 5) is 4.43. The van der Waals surface area contributed by atoms with Gasteiger partial charge in [0.05, 0.1) is 12.7 Å². The van der Waals surface area contributed by atoms with Crippen LogP contribution in [0.25, 0.3) is 0 Å². The summed E-state index contributed by atoms with van der Waals surface area (Å²) in [5.74, 6) is 1.11. The lowest BCUT2D eigenvalue weighted by Crippen LogP contribution is -2.26. The van der Waals surface area contributed by atoms with Gasteiger partial charge in [0.2, 0.25) is 0 Å². The molecule has 0 unspecified atom stereocenters. The molecule has 0 amide bonds. The molecule has 0 bridgehead atoms. The number of aromatic nitrogens is 4. The first-order valence-corrected chi connectivity index (χ1v) is 7.61. The van der Waals surface area contributed by atoms with Crippen LogP contribution in [-0.4, -0.2) is 19.3 Å². The first kappa shape index (κ1) is 13.4. The summed E-state index contributed by atoms with van der Waals surface area (Å²) in [5.41, 5.74) is 2.79. The molecule has 0 spiro atoms. The minimum Gasteiger partial charge on any atom is -0.334 e. The van der Waals surface area contributed by atoms with E-state index in [1.54, 1.807) is 0 Å². The molecule has 0 aromatic carbocycles. The summed E-state index contributed by atoms with van der Waals surface area (Å²) in [5, 5.41) is 8.16. The van der Waals surface area contributed by atoms with E-state index in [0.717, 1.165) is 31.9 Å². The van der Waals surface area contributed by atoms with Crippen molar-refractivity contribution in [3.63, 3.8) is 0 Å². The maximum atomic E-state index is 4.50. The van der Waals surface area contributed by atoms with E-state index in [9.17, 15) is 0 Å². The number of hydrogen-bond donors (Lipinski definition) is 1. The Bertz CT molecular complexity index is 569. The third-order valence-corrected chi connectivity index (χ3v) is 4.21. The lowest BCUT2D eigenvalue weighted by atomic mass is 9.93. The van der Waals surface area contributed by atoms with Crippen LogP contribution in [0.3, 0.4) is 0 Å². The van der Waals surface area contributed by atoms with Gasteiger partial charge < -0.3 is 9.88 Å². The fourth-order valence-electron chi connectivity index (χ4n) is 3.11. The van der Waals surface area contributed by atoms with E-state index in [1.165, 1.54) is 24.1 Å². The second-order valence-electron chi connectivity index (χ2n) is 5.32. The first-order chi connectivity index (χ1) is 9.83. The van der Waals surface area contributed by atoms with Gasteiger partial charge in [0.15, 0.2) is 0 Å². The number of imidazole rings is 1. The average molecular weight is 273 g/mol. The molecule has 0 saturated heterocycles. The number of aryl methyl sites for hydroxylation is 2. The highest BCUT2D eigenvalue weighted by atomic mass is 15.3. The minimum atomic E-state index is 0.418. The molecule has 108 valence electrons. The Morgan fingerprint density at radius 1 is 1.35 bits per heavy atom. The van der Waals surface area contributed by atoms with Crippen LogP contribution in [0.2, 0.25) is 0 Å². The highest BCUT2D eigenvalue weighted by Crippen LogP contribution is 2.29. The summed E-state index contributed by atoms with van der Waals surface area (Å²) in [6, 6.07) is 0.418. The molecule has 0 fully saturated rings.